The van der Waals surface area contributed by atoms with Gasteiger partial charge in [0.05, 0.1) is 0 Å². The number of hydrogen-bond acceptors (Lipinski definition) is 3. The summed E-state index contributed by atoms with van der Waals surface area (Å²) in [6.45, 7) is 3.77. The van der Waals surface area contributed by atoms with E-state index >= 15 is 0 Å². The van der Waals surface area contributed by atoms with Crippen molar-refractivity contribution in [1.29, 1.82) is 0 Å². The van der Waals surface area contributed by atoms with Crippen molar-refractivity contribution in [3.8, 4) is 11.4 Å². The minimum atomic E-state index is 0.589. The third-order valence-corrected chi connectivity index (χ3v) is 3.29. The Kier molecular flexibility index (Phi) is 3.18. The average molecular weight is 221 g/mol. The van der Waals surface area contributed by atoms with Crippen LogP contribution in [-0.4, -0.2) is 9.55 Å². The van der Waals surface area contributed by atoms with E-state index in [1.165, 1.54) is 10.4 Å². The smallest absolute Gasteiger partial charge is 0.141 e. The van der Waals surface area contributed by atoms with Crippen molar-refractivity contribution in [2.75, 3.05) is 0 Å². The molecule has 0 saturated carbocycles. The van der Waals surface area contributed by atoms with Crippen LogP contribution in [0.15, 0.2) is 23.8 Å². The Hall–Kier alpha value is -1.13. The van der Waals surface area contributed by atoms with Crippen molar-refractivity contribution in [1.82, 2.24) is 9.55 Å². The van der Waals surface area contributed by atoms with Crippen molar-refractivity contribution in [3.05, 3.63) is 28.7 Å². The highest BCUT2D eigenvalue weighted by molar-refractivity contribution is 7.10. The van der Waals surface area contributed by atoms with Gasteiger partial charge in [-0.25, -0.2) is 4.98 Å². The fraction of sp³-hybridized carbons (Fsp3) is 0.364. The number of aromatic nitrogens is 2. The van der Waals surface area contributed by atoms with Gasteiger partial charge in [0, 0.05) is 35.9 Å². The lowest BCUT2D eigenvalue weighted by atomic mass is 10.2. The molecule has 0 radical (unpaired) electrons. The molecular weight excluding hydrogens is 206 g/mol. The SMILES string of the molecule is CCCn1ccnc1-c1ccsc1CN. The Morgan fingerprint density at radius 2 is 2.40 bits per heavy atom. The van der Waals surface area contributed by atoms with E-state index in [0.29, 0.717) is 6.54 Å². The third-order valence-electron chi connectivity index (χ3n) is 2.35. The Bertz CT molecular complexity index is 430. The Labute approximate surface area is 93.6 Å². The van der Waals surface area contributed by atoms with Gasteiger partial charge in [0.25, 0.3) is 0 Å². The molecule has 0 amide bonds. The van der Waals surface area contributed by atoms with E-state index in [-0.39, 0.29) is 0 Å². The van der Waals surface area contributed by atoms with E-state index in [1.54, 1.807) is 11.3 Å². The second kappa shape index (κ2) is 4.59. The van der Waals surface area contributed by atoms with Crippen LogP contribution in [0.25, 0.3) is 11.4 Å². The first-order chi connectivity index (χ1) is 7.36. The van der Waals surface area contributed by atoms with E-state index in [2.05, 4.69) is 27.9 Å². The van der Waals surface area contributed by atoms with Crippen LogP contribution in [0.3, 0.4) is 0 Å². The average Bonchev–Trinajstić information content (AvgIpc) is 2.84. The first kappa shape index (κ1) is 10.4. The van der Waals surface area contributed by atoms with Crippen molar-refractivity contribution in [2.24, 2.45) is 5.73 Å². The summed E-state index contributed by atoms with van der Waals surface area (Å²) in [5.74, 6) is 1.04. The maximum Gasteiger partial charge on any atom is 0.141 e. The van der Waals surface area contributed by atoms with Gasteiger partial charge in [-0.3, -0.25) is 0 Å². The molecule has 2 rings (SSSR count). The topological polar surface area (TPSA) is 43.8 Å². The van der Waals surface area contributed by atoms with Crippen LogP contribution in [0.2, 0.25) is 0 Å². The molecule has 0 bridgehead atoms. The summed E-state index contributed by atoms with van der Waals surface area (Å²) in [7, 11) is 0. The molecular formula is C11H15N3S. The van der Waals surface area contributed by atoms with E-state index in [9.17, 15) is 0 Å². The molecule has 15 heavy (non-hydrogen) atoms. The molecule has 80 valence electrons. The third kappa shape index (κ3) is 1.96. The number of imidazole rings is 1. The quantitative estimate of drug-likeness (QED) is 0.862. The molecule has 2 heterocycles. The fourth-order valence-electron chi connectivity index (χ4n) is 1.67. The molecule has 0 aliphatic heterocycles. The highest BCUT2D eigenvalue weighted by atomic mass is 32.1. The van der Waals surface area contributed by atoms with Gasteiger partial charge >= 0.3 is 0 Å². The number of aryl methyl sites for hydroxylation is 1. The molecule has 0 spiro atoms. The van der Waals surface area contributed by atoms with Crippen molar-refractivity contribution >= 4 is 11.3 Å². The van der Waals surface area contributed by atoms with Crippen LogP contribution >= 0.6 is 11.3 Å². The van der Waals surface area contributed by atoms with Gasteiger partial charge in [-0.2, -0.15) is 0 Å². The van der Waals surface area contributed by atoms with Crippen molar-refractivity contribution in [2.45, 2.75) is 26.4 Å². The molecule has 2 N–H and O–H groups in total. The van der Waals surface area contributed by atoms with Gasteiger partial charge in [0.2, 0.25) is 0 Å². The molecule has 4 heteroatoms. The minimum Gasteiger partial charge on any atom is -0.331 e. The zero-order valence-electron chi connectivity index (χ0n) is 8.81. The zero-order valence-corrected chi connectivity index (χ0v) is 9.63. The summed E-state index contributed by atoms with van der Waals surface area (Å²) in [5.41, 5.74) is 6.88. The maximum atomic E-state index is 5.70. The fourth-order valence-corrected chi connectivity index (χ4v) is 2.42. The largest absolute Gasteiger partial charge is 0.331 e. The Balaban J connectivity index is 2.40. The Morgan fingerprint density at radius 3 is 3.13 bits per heavy atom. The van der Waals surface area contributed by atoms with Crippen molar-refractivity contribution < 1.29 is 0 Å². The molecule has 0 unspecified atom stereocenters. The molecule has 0 aliphatic rings. The van der Waals surface area contributed by atoms with Gasteiger partial charge in [-0.15, -0.1) is 11.3 Å². The Morgan fingerprint density at radius 1 is 1.53 bits per heavy atom. The van der Waals surface area contributed by atoms with Crippen LogP contribution in [0, 0.1) is 0 Å². The summed E-state index contributed by atoms with van der Waals surface area (Å²) in [4.78, 5) is 5.61. The zero-order chi connectivity index (χ0) is 10.7. The lowest BCUT2D eigenvalue weighted by Gasteiger charge is -2.06. The van der Waals surface area contributed by atoms with Crippen LogP contribution < -0.4 is 5.73 Å². The van der Waals surface area contributed by atoms with Crippen LogP contribution in [-0.2, 0) is 13.1 Å². The van der Waals surface area contributed by atoms with Gasteiger partial charge < -0.3 is 10.3 Å². The molecule has 0 aromatic carbocycles. The summed E-state index contributed by atoms with van der Waals surface area (Å²) in [6, 6.07) is 2.10. The number of rotatable bonds is 4. The van der Waals surface area contributed by atoms with Gasteiger partial charge in [-0.05, 0) is 17.9 Å². The highest BCUT2D eigenvalue weighted by Gasteiger charge is 2.10. The first-order valence-electron chi connectivity index (χ1n) is 5.14. The standard InChI is InChI=1S/C11H15N3S/c1-2-5-14-6-4-13-11(14)9-3-7-15-10(9)8-12/h3-4,6-7H,2,5,8,12H2,1H3. The molecule has 0 saturated heterocycles. The van der Waals surface area contributed by atoms with Crippen LogP contribution in [0.1, 0.15) is 18.2 Å². The second-order valence-electron chi connectivity index (χ2n) is 3.41. The molecule has 0 aliphatic carbocycles. The monoisotopic (exact) mass is 221 g/mol. The number of thiophene rings is 1. The molecule has 2 aromatic rings. The van der Waals surface area contributed by atoms with Gasteiger partial charge in [0.15, 0.2) is 0 Å². The molecule has 2 aromatic heterocycles. The number of nitrogens with zero attached hydrogens (tertiary/aromatic N) is 2. The van der Waals surface area contributed by atoms with Crippen LogP contribution in [0.5, 0.6) is 0 Å². The van der Waals surface area contributed by atoms with E-state index in [1.807, 2.05) is 12.4 Å². The molecule has 0 fully saturated rings. The van der Waals surface area contributed by atoms with Crippen molar-refractivity contribution in [3.63, 3.8) is 0 Å². The molecule has 0 atom stereocenters. The minimum absolute atomic E-state index is 0.589. The summed E-state index contributed by atoms with van der Waals surface area (Å²) in [5, 5.41) is 2.07. The predicted molar refractivity (Wildman–Crippen MR) is 63.7 cm³/mol. The molecule has 3 nitrogen and oxygen atoms in total. The normalized spacial score (nSPS) is 10.8. The number of nitrogens with two attached hydrogens (primary N) is 1. The summed E-state index contributed by atoms with van der Waals surface area (Å²) < 4.78 is 2.18. The van der Waals surface area contributed by atoms with Gasteiger partial charge in [0.1, 0.15) is 5.82 Å². The van der Waals surface area contributed by atoms with E-state index in [0.717, 1.165) is 18.8 Å². The lowest BCUT2D eigenvalue weighted by molar-refractivity contribution is 0.685. The predicted octanol–water partition coefficient (Wildman–Crippen LogP) is 2.48. The van der Waals surface area contributed by atoms with Crippen LogP contribution in [0.4, 0.5) is 0 Å². The van der Waals surface area contributed by atoms with E-state index < -0.39 is 0 Å². The lowest BCUT2D eigenvalue weighted by Crippen LogP contribution is -2.01. The highest BCUT2D eigenvalue weighted by Crippen LogP contribution is 2.26. The van der Waals surface area contributed by atoms with Gasteiger partial charge in [-0.1, -0.05) is 6.92 Å². The van der Waals surface area contributed by atoms with E-state index in [4.69, 9.17) is 5.73 Å². The number of hydrogen-bond donors (Lipinski definition) is 1. The summed E-state index contributed by atoms with van der Waals surface area (Å²) >= 11 is 1.70. The first-order valence-corrected chi connectivity index (χ1v) is 6.02. The second-order valence-corrected chi connectivity index (χ2v) is 4.41. The maximum absolute atomic E-state index is 5.70. The summed E-state index contributed by atoms with van der Waals surface area (Å²) in [6.07, 6.45) is 4.99.